The highest BCUT2D eigenvalue weighted by molar-refractivity contribution is 6.33. The molecule has 1 aromatic rings. The zero-order chi connectivity index (χ0) is 15.4. The van der Waals surface area contributed by atoms with Crippen molar-refractivity contribution in [2.75, 3.05) is 32.5 Å². The molecule has 0 unspecified atom stereocenters. The molecule has 0 radical (unpaired) electrons. The number of likely N-dealkylation sites (N-methyl/N-ethyl adjacent to an activating group) is 1. The molecule has 0 spiro atoms. The van der Waals surface area contributed by atoms with Crippen molar-refractivity contribution in [3.63, 3.8) is 0 Å². The van der Waals surface area contributed by atoms with Gasteiger partial charge in [-0.1, -0.05) is 23.7 Å². The zero-order valence-corrected chi connectivity index (χ0v) is 13.7. The topological polar surface area (TPSA) is 35.6 Å². The molecule has 0 aliphatic carbocycles. The van der Waals surface area contributed by atoms with Crippen molar-refractivity contribution >= 4 is 23.2 Å². The summed E-state index contributed by atoms with van der Waals surface area (Å²) in [6.45, 7) is 3.87. The first-order valence-electron chi connectivity index (χ1n) is 7.45. The minimum Gasteiger partial charge on any atom is -0.323 e. The predicted octanol–water partition coefficient (Wildman–Crippen LogP) is 2.69. The van der Waals surface area contributed by atoms with Crippen molar-refractivity contribution in [3.8, 4) is 0 Å². The van der Waals surface area contributed by atoms with Crippen LogP contribution in [0.1, 0.15) is 19.8 Å². The SMILES string of the molecule is C[C@@H](C(=O)Nc1ccccc1Cl)N1CCC[C@H](N(C)C)C1. The second-order valence-corrected chi connectivity index (χ2v) is 6.31. The summed E-state index contributed by atoms with van der Waals surface area (Å²) in [5.41, 5.74) is 0.678. The third-order valence-electron chi connectivity index (χ3n) is 4.22. The van der Waals surface area contributed by atoms with E-state index in [0.29, 0.717) is 16.8 Å². The average Bonchev–Trinajstić information content (AvgIpc) is 2.49. The number of likely N-dealkylation sites (tertiary alicyclic amines) is 1. The van der Waals surface area contributed by atoms with Crippen LogP contribution in [0.3, 0.4) is 0 Å². The summed E-state index contributed by atoms with van der Waals surface area (Å²) in [6, 6.07) is 7.71. The minimum atomic E-state index is -0.149. The fourth-order valence-corrected chi connectivity index (χ4v) is 2.91. The maximum Gasteiger partial charge on any atom is 0.241 e. The Labute approximate surface area is 132 Å². The molecule has 1 saturated heterocycles. The Hall–Kier alpha value is -1.10. The lowest BCUT2D eigenvalue weighted by molar-refractivity contribution is -0.121. The van der Waals surface area contributed by atoms with Crippen LogP contribution in [0.15, 0.2) is 24.3 Å². The van der Waals surface area contributed by atoms with Crippen LogP contribution in [0, 0.1) is 0 Å². The number of carbonyl (C=O) groups excluding carboxylic acids is 1. The van der Waals surface area contributed by atoms with Gasteiger partial charge < -0.3 is 10.2 Å². The van der Waals surface area contributed by atoms with Gasteiger partial charge in [0.2, 0.25) is 5.91 Å². The van der Waals surface area contributed by atoms with Gasteiger partial charge in [0.05, 0.1) is 16.8 Å². The highest BCUT2D eigenvalue weighted by Crippen LogP contribution is 2.22. The van der Waals surface area contributed by atoms with Crippen LogP contribution in [-0.4, -0.2) is 55.0 Å². The van der Waals surface area contributed by atoms with Crippen LogP contribution in [0.4, 0.5) is 5.69 Å². The van der Waals surface area contributed by atoms with Gasteiger partial charge in [-0.15, -0.1) is 0 Å². The van der Waals surface area contributed by atoms with Crippen molar-refractivity contribution in [2.45, 2.75) is 31.8 Å². The van der Waals surface area contributed by atoms with Gasteiger partial charge in [0.15, 0.2) is 0 Å². The van der Waals surface area contributed by atoms with Crippen LogP contribution in [0.5, 0.6) is 0 Å². The number of nitrogens with zero attached hydrogens (tertiary/aromatic N) is 2. The van der Waals surface area contributed by atoms with E-state index in [2.05, 4.69) is 29.2 Å². The third-order valence-corrected chi connectivity index (χ3v) is 4.55. The molecule has 1 heterocycles. The summed E-state index contributed by atoms with van der Waals surface area (Å²) in [4.78, 5) is 16.9. The molecule has 2 atom stereocenters. The lowest BCUT2D eigenvalue weighted by Crippen LogP contribution is -2.51. The number of para-hydroxylation sites is 1. The molecule has 4 nitrogen and oxygen atoms in total. The molecule has 116 valence electrons. The second kappa shape index (κ2) is 7.25. The number of piperidine rings is 1. The number of benzene rings is 1. The Balaban J connectivity index is 1.97. The summed E-state index contributed by atoms with van der Waals surface area (Å²) in [6.07, 6.45) is 2.33. The Morgan fingerprint density at radius 1 is 1.43 bits per heavy atom. The van der Waals surface area contributed by atoms with Crippen molar-refractivity contribution in [2.24, 2.45) is 0 Å². The molecule has 0 saturated carbocycles. The van der Waals surface area contributed by atoms with Gasteiger partial charge in [-0.05, 0) is 52.5 Å². The number of anilines is 1. The number of amides is 1. The number of hydrogen-bond acceptors (Lipinski definition) is 3. The molecule has 1 aromatic carbocycles. The van der Waals surface area contributed by atoms with Crippen LogP contribution >= 0.6 is 11.6 Å². The minimum absolute atomic E-state index is 0.00232. The van der Waals surface area contributed by atoms with E-state index in [1.165, 1.54) is 6.42 Å². The van der Waals surface area contributed by atoms with Gasteiger partial charge in [-0.25, -0.2) is 0 Å². The van der Waals surface area contributed by atoms with E-state index in [1.807, 2.05) is 25.1 Å². The van der Waals surface area contributed by atoms with Gasteiger partial charge in [-0.3, -0.25) is 9.69 Å². The van der Waals surface area contributed by atoms with E-state index in [4.69, 9.17) is 11.6 Å². The van der Waals surface area contributed by atoms with Crippen molar-refractivity contribution in [1.29, 1.82) is 0 Å². The molecule has 1 amide bonds. The standard InChI is InChI=1S/C16H24ClN3O/c1-12(20-10-6-7-13(11-20)19(2)3)16(21)18-15-9-5-4-8-14(15)17/h4-5,8-9,12-13H,6-7,10-11H2,1-3H3,(H,18,21)/t12-,13-/m0/s1. The molecule has 5 heteroatoms. The number of hydrogen-bond donors (Lipinski definition) is 1. The quantitative estimate of drug-likeness (QED) is 0.929. The number of halogens is 1. The van der Waals surface area contributed by atoms with Gasteiger partial charge in [0.1, 0.15) is 0 Å². The van der Waals surface area contributed by atoms with E-state index < -0.39 is 0 Å². The largest absolute Gasteiger partial charge is 0.323 e. The summed E-state index contributed by atoms with van der Waals surface area (Å²) < 4.78 is 0. The van der Waals surface area contributed by atoms with Crippen LogP contribution in [0.25, 0.3) is 0 Å². The third kappa shape index (κ3) is 4.19. The Morgan fingerprint density at radius 3 is 2.81 bits per heavy atom. The summed E-state index contributed by atoms with van der Waals surface area (Å²) in [5.74, 6) is 0.00232. The second-order valence-electron chi connectivity index (χ2n) is 5.90. The Kier molecular flexibility index (Phi) is 5.62. The van der Waals surface area contributed by atoms with Gasteiger partial charge in [0, 0.05) is 12.6 Å². The van der Waals surface area contributed by atoms with Crippen LogP contribution < -0.4 is 5.32 Å². The number of rotatable bonds is 4. The van der Waals surface area contributed by atoms with Gasteiger partial charge in [0.25, 0.3) is 0 Å². The highest BCUT2D eigenvalue weighted by Gasteiger charge is 2.28. The molecule has 1 N–H and O–H groups in total. The van der Waals surface area contributed by atoms with Gasteiger partial charge in [-0.2, -0.15) is 0 Å². The summed E-state index contributed by atoms with van der Waals surface area (Å²) in [7, 11) is 4.20. The zero-order valence-electron chi connectivity index (χ0n) is 13.0. The lowest BCUT2D eigenvalue weighted by Gasteiger charge is -2.38. The normalized spacial score (nSPS) is 21.3. The van der Waals surface area contributed by atoms with Crippen molar-refractivity contribution in [3.05, 3.63) is 29.3 Å². The lowest BCUT2D eigenvalue weighted by atomic mass is 10.0. The van der Waals surface area contributed by atoms with Crippen LogP contribution in [0.2, 0.25) is 5.02 Å². The van der Waals surface area contributed by atoms with Crippen molar-refractivity contribution in [1.82, 2.24) is 9.80 Å². The van der Waals surface area contributed by atoms with Crippen LogP contribution in [-0.2, 0) is 4.79 Å². The van der Waals surface area contributed by atoms with E-state index in [9.17, 15) is 4.79 Å². The van der Waals surface area contributed by atoms with E-state index in [0.717, 1.165) is 19.5 Å². The molecule has 1 fully saturated rings. The molecule has 1 aliphatic heterocycles. The smallest absolute Gasteiger partial charge is 0.241 e. The first kappa shape index (κ1) is 16.3. The summed E-state index contributed by atoms with van der Waals surface area (Å²) >= 11 is 6.09. The first-order valence-corrected chi connectivity index (χ1v) is 7.82. The van der Waals surface area contributed by atoms with Gasteiger partial charge >= 0.3 is 0 Å². The maximum atomic E-state index is 12.4. The molecule has 1 aliphatic rings. The Bertz CT molecular complexity index is 492. The maximum absolute atomic E-state index is 12.4. The van der Waals surface area contributed by atoms with Crippen molar-refractivity contribution < 1.29 is 4.79 Å². The first-order chi connectivity index (χ1) is 9.99. The molecule has 21 heavy (non-hydrogen) atoms. The summed E-state index contributed by atoms with van der Waals surface area (Å²) in [5, 5.41) is 3.50. The Morgan fingerprint density at radius 2 is 2.14 bits per heavy atom. The van der Waals surface area contributed by atoms with E-state index in [1.54, 1.807) is 6.07 Å². The fourth-order valence-electron chi connectivity index (χ4n) is 2.72. The molecular formula is C16H24ClN3O. The predicted molar refractivity (Wildman–Crippen MR) is 87.8 cm³/mol. The van der Waals surface area contributed by atoms with E-state index in [-0.39, 0.29) is 11.9 Å². The highest BCUT2D eigenvalue weighted by atomic mass is 35.5. The number of carbonyl (C=O) groups is 1. The molecule has 2 rings (SSSR count). The number of nitrogens with one attached hydrogen (secondary N) is 1. The molecule has 0 bridgehead atoms. The molecular weight excluding hydrogens is 286 g/mol. The molecule has 0 aromatic heterocycles. The monoisotopic (exact) mass is 309 g/mol. The van der Waals surface area contributed by atoms with E-state index >= 15 is 0 Å². The fraction of sp³-hybridized carbons (Fsp3) is 0.562. The average molecular weight is 310 g/mol.